The number of hydrogen-bond donors (Lipinski definition) is 1. The SMILES string of the molecule is Nc1nnn(Cc2ccc(F)c(Br)c2)c1C1CC1. The van der Waals surface area contributed by atoms with Crippen molar-refractivity contribution < 1.29 is 4.39 Å². The molecule has 4 nitrogen and oxygen atoms in total. The van der Waals surface area contributed by atoms with Gasteiger partial charge in [0, 0.05) is 5.92 Å². The van der Waals surface area contributed by atoms with E-state index in [0.717, 1.165) is 24.1 Å². The van der Waals surface area contributed by atoms with Crippen LogP contribution in [0, 0.1) is 5.82 Å². The maximum Gasteiger partial charge on any atom is 0.169 e. The zero-order valence-corrected chi connectivity index (χ0v) is 11.2. The summed E-state index contributed by atoms with van der Waals surface area (Å²) in [6.45, 7) is 0.564. The minimum atomic E-state index is -0.265. The van der Waals surface area contributed by atoms with Crippen molar-refractivity contribution in [3.63, 3.8) is 0 Å². The van der Waals surface area contributed by atoms with Crippen molar-refractivity contribution in [3.8, 4) is 0 Å². The Morgan fingerprint density at radius 2 is 2.22 bits per heavy atom. The lowest BCUT2D eigenvalue weighted by molar-refractivity contribution is 0.607. The van der Waals surface area contributed by atoms with Gasteiger partial charge in [-0.25, -0.2) is 9.07 Å². The summed E-state index contributed by atoms with van der Waals surface area (Å²) in [6, 6.07) is 4.94. The fourth-order valence-corrected chi connectivity index (χ4v) is 2.46. The van der Waals surface area contributed by atoms with Gasteiger partial charge in [0.1, 0.15) is 5.82 Å². The molecular weight excluding hydrogens is 299 g/mol. The average molecular weight is 311 g/mol. The van der Waals surface area contributed by atoms with Gasteiger partial charge in [0.2, 0.25) is 0 Å². The first-order valence-corrected chi connectivity index (χ1v) is 6.57. The highest BCUT2D eigenvalue weighted by molar-refractivity contribution is 9.10. The minimum absolute atomic E-state index is 0.265. The van der Waals surface area contributed by atoms with E-state index in [1.807, 2.05) is 4.68 Å². The van der Waals surface area contributed by atoms with Gasteiger partial charge in [-0.1, -0.05) is 11.3 Å². The first kappa shape index (κ1) is 11.6. The molecule has 0 saturated heterocycles. The third-order valence-electron chi connectivity index (χ3n) is 3.08. The van der Waals surface area contributed by atoms with Gasteiger partial charge in [0.05, 0.1) is 16.7 Å². The van der Waals surface area contributed by atoms with Crippen LogP contribution < -0.4 is 5.73 Å². The Bertz CT molecular complexity index is 592. The average Bonchev–Trinajstić information content (AvgIpc) is 3.10. The van der Waals surface area contributed by atoms with Crippen molar-refractivity contribution in [3.05, 3.63) is 39.7 Å². The van der Waals surface area contributed by atoms with E-state index in [1.165, 1.54) is 6.07 Å². The van der Waals surface area contributed by atoms with Crippen LogP contribution in [0.3, 0.4) is 0 Å². The molecule has 1 heterocycles. The minimum Gasteiger partial charge on any atom is -0.381 e. The van der Waals surface area contributed by atoms with Crippen molar-refractivity contribution in [2.24, 2.45) is 0 Å². The fourth-order valence-electron chi connectivity index (χ4n) is 2.04. The number of nitrogen functional groups attached to an aromatic ring is 1. The second-order valence-electron chi connectivity index (χ2n) is 4.54. The third-order valence-corrected chi connectivity index (χ3v) is 3.69. The Hall–Kier alpha value is -1.43. The normalized spacial score (nSPS) is 15.0. The molecule has 0 bridgehead atoms. The highest BCUT2D eigenvalue weighted by Gasteiger charge is 2.30. The van der Waals surface area contributed by atoms with E-state index in [1.54, 1.807) is 12.1 Å². The largest absolute Gasteiger partial charge is 0.381 e. The zero-order chi connectivity index (χ0) is 12.7. The molecule has 6 heteroatoms. The molecule has 1 aromatic carbocycles. The van der Waals surface area contributed by atoms with Crippen molar-refractivity contribution in [2.75, 3.05) is 5.73 Å². The molecule has 1 aromatic heterocycles. The summed E-state index contributed by atoms with van der Waals surface area (Å²) in [5.74, 6) is 0.738. The number of anilines is 1. The van der Waals surface area contributed by atoms with Crippen molar-refractivity contribution in [2.45, 2.75) is 25.3 Å². The van der Waals surface area contributed by atoms with Gasteiger partial charge in [0.25, 0.3) is 0 Å². The van der Waals surface area contributed by atoms with Gasteiger partial charge in [-0.15, -0.1) is 5.10 Å². The van der Waals surface area contributed by atoms with E-state index in [0.29, 0.717) is 22.8 Å². The number of hydrogen-bond acceptors (Lipinski definition) is 3. The van der Waals surface area contributed by atoms with Gasteiger partial charge in [-0.3, -0.25) is 0 Å². The molecule has 0 spiro atoms. The van der Waals surface area contributed by atoms with Gasteiger partial charge >= 0.3 is 0 Å². The first-order chi connectivity index (χ1) is 8.65. The van der Waals surface area contributed by atoms with Crippen LogP contribution in [0.25, 0.3) is 0 Å². The number of rotatable bonds is 3. The van der Waals surface area contributed by atoms with E-state index in [4.69, 9.17) is 5.73 Å². The van der Waals surface area contributed by atoms with Crippen LogP contribution in [-0.2, 0) is 6.54 Å². The zero-order valence-electron chi connectivity index (χ0n) is 9.61. The van der Waals surface area contributed by atoms with E-state index in [2.05, 4.69) is 26.2 Å². The van der Waals surface area contributed by atoms with Crippen LogP contribution in [0.2, 0.25) is 0 Å². The molecule has 0 unspecified atom stereocenters. The molecule has 3 rings (SSSR count). The molecule has 1 aliphatic rings. The second kappa shape index (κ2) is 4.35. The summed E-state index contributed by atoms with van der Waals surface area (Å²) >= 11 is 3.18. The molecule has 0 atom stereocenters. The highest BCUT2D eigenvalue weighted by atomic mass is 79.9. The molecule has 94 valence electrons. The summed E-state index contributed by atoms with van der Waals surface area (Å²) < 4.78 is 15.4. The number of nitrogens with two attached hydrogens (primary N) is 1. The van der Waals surface area contributed by atoms with E-state index in [9.17, 15) is 4.39 Å². The number of benzene rings is 1. The number of nitrogens with zero attached hydrogens (tertiary/aromatic N) is 3. The summed E-state index contributed by atoms with van der Waals surface area (Å²) in [6.07, 6.45) is 2.29. The highest BCUT2D eigenvalue weighted by Crippen LogP contribution is 2.42. The van der Waals surface area contributed by atoms with E-state index in [-0.39, 0.29) is 5.82 Å². The van der Waals surface area contributed by atoms with Gasteiger partial charge < -0.3 is 5.73 Å². The predicted molar refractivity (Wildman–Crippen MR) is 69.6 cm³/mol. The van der Waals surface area contributed by atoms with Crippen molar-refractivity contribution in [1.29, 1.82) is 0 Å². The number of halogens is 2. The maximum atomic E-state index is 13.2. The Morgan fingerprint density at radius 3 is 2.89 bits per heavy atom. The Labute approximate surface area is 112 Å². The lowest BCUT2D eigenvalue weighted by Gasteiger charge is -2.06. The van der Waals surface area contributed by atoms with Crippen molar-refractivity contribution in [1.82, 2.24) is 15.0 Å². The molecule has 0 amide bonds. The number of aromatic nitrogens is 3. The lowest BCUT2D eigenvalue weighted by Crippen LogP contribution is -2.06. The summed E-state index contributed by atoms with van der Waals surface area (Å²) in [5, 5.41) is 7.98. The molecule has 1 fully saturated rings. The monoisotopic (exact) mass is 310 g/mol. The standard InChI is InChI=1S/C12H12BrFN4/c13-9-5-7(1-4-10(9)14)6-18-11(8-2-3-8)12(15)16-17-18/h1,4-5,8H,2-3,6,15H2. The van der Waals surface area contributed by atoms with Crippen LogP contribution in [0.15, 0.2) is 22.7 Å². The molecule has 2 aromatic rings. The molecule has 2 N–H and O–H groups in total. The second-order valence-corrected chi connectivity index (χ2v) is 5.39. The van der Waals surface area contributed by atoms with Crippen LogP contribution >= 0.6 is 15.9 Å². The predicted octanol–water partition coefficient (Wildman–Crippen LogP) is 2.69. The molecule has 0 aliphatic heterocycles. The smallest absolute Gasteiger partial charge is 0.169 e. The molecular formula is C12H12BrFN4. The lowest BCUT2D eigenvalue weighted by atomic mass is 10.2. The topological polar surface area (TPSA) is 56.7 Å². The van der Waals surface area contributed by atoms with Crippen LogP contribution in [0.1, 0.15) is 30.0 Å². The Morgan fingerprint density at radius 1 is 1.44 bits per heavy atom. The molecule has 1 saturated carbocycles. The summed E-state index contributed by atoms with van der Waals surface area (Å²) in [4.78, 5) is 0. The van der Waals surface area contributed by atoms with Crippen LogP contribution in [0.4, 0.5) is 10.2 Å². The van der Waals surface area contributed by atoms with Crippen LogP contribution in [0.5, 0.6) is 0 Å². The molecule has 18 heavy (non-hydrogen) atoms. The molecule has 0 radical (unpaired) electrons. The first-order valence-electron chi connectivity index (χ1n) is 5.78. The molecule has 1 aliphatic carbocycles. The fraction of sp³-hybridized carbons (Fsp3) is 0.333. The van der Waals surface area contributed by atoms with Gasteiger partial charge in [-0.2, -0.15) is 0 Å². The maximum absolute atomic E-state index is 13.2. The quantitative estimate of drug-likeness (QED) is 0.948. The Kier molecular flexibility index (Phi) is 2.81. The Balaban J connectivity index is 1.89. The van der Waals surface area contributed by atoms with E-state index >= 15 is 0 Å². The third kappa shape index (κ3) is 2.12. The van der Waals surface area contributed by atoms with Gasteiger partial charge in [0.15, 0.2) is 5.82 Å². The van der Waals surface area contributed by atoms with E-state index < -0.39 is 0 Å². The summed E-state index contributed by atoms with van der Waals surface area (Å²) in [7, 11) is 0. The van der Waals surface area contributed by atoms with Crippen molar-refractivity contribution >= 4 is 21.7 Å². The summed E-state index contributed by atoms with van der Waals surface area (Å²) in [5.41, 5.74) is 7.80. The van der Waals surface area contributed by atoms with Gasteiger partial charge in [-0.05, 0) is 46.5 Å². The van der Waals surface area contributed by atoms with Crippen LogP contribution in [-0.4, -0.2) is 15.0 Å².